The summed E-state index contributed by atoms with van der Waals surface area (Å²) in [6, 6.07) is 0. The molecule has 2 unspecified atom stereocenters. The third kappa shape index (κ3) is 2.83. The molecule has 20 heavy (non-hydrogen) atoms. The summed E-state index contributed by atoms with van der Waals surface area (Å²) in [6.07, 6.45) is 0.827. The summed E-state index contributed by atoms with van der Waals surface area (Å²) in [4.78, 5) is 14.0. The van der Waals surface area contributed by atoms with Gasteiger partial charge in [0.25, 0.3) is 0 Å². The molecule has 1 aliphatic rings. The quantitative estimate of drug-likeness (QED) is 0.797. The van der Waals surface area contributed by atoms with Crippen molar-refractivity contribution in [1.29, 1.82) is 0 Å². The van der Waals surface area contributed by atoms with Crippen molar-refractivity contribution in [3.8, 4) is 0 Å². The highest BCUT2D eigenvalue weighted by atomic mass is 35.5. The van der Waals surface area contributed by atoms with Gasteiger partial charge in [-0.3, -0.25) is 14.4 Å². The minimum Gasteiger partial charge on any atom is -0.469 e. The molecule has 1 aliphatic heterocycles. The Labute approximate surface area is 124 Å². The van der Waals surface area contributed by atoms with E-state index in [-0.39, 0.29) is 11.9 Å². The number of halogens is 1. The molecule has 0 saturated carbocycles. The first-order valence-corrected chi connectivity index (χ1v) is 7.36. The summed E-state index contributed by atoms with van der Waals surface area (Å²) >= 11 is 6.37. The number of ether oxygens (including phenoxy) is 1. The molecule has 1 fully saturated rings. The minimum atomic E-state index is -0.120. The first-order chi connectivity index (χ1) is 9.47. The Morgan fingerprint density at radius 2 is 2.20 bits per heavy atom. The van der Waals surface area contributed by atoms with Gasteiger partial charge in [0, 0.05) is 26.7 Å². The molecule has 0 amide bonds. The largest absolute Gasteiger partial charge is 0.469 e. The zero-order valence-corrected chi connectivity index (χ0v) is 13.3. The van der Waals surface area contributed by atoms with Crippen LogP contribution < -0.4 is 0 Å². The molecule has 1 aromatic rings. The van der Waals surface area contributed by atoms with Gasteiger partial charge in [0.05, 0.1) is 29.4 Å². The zero-order valence-electron chi connectivity index (χ0n) is 12.5. The lowest BCUT2D eigenvalue weighted by Gasteiger charge is -2.15. The van der Waals surface area contributed by atoms with Gasteiger partial charge in [0.1, 0.15) is 0 Å². The van der Waals surface area contributed by atoms with Crippen LogP contribution in [-0.4, -0.2) is 40.8 Å². The summed E-state index contributed by atoms with van der Waals surface area (Å²) < 4.78 is 6.71. The number of likely N-dealkylation sites (tertiary alicyclic amines) is 1. The van der Waals surface area contributed by atoms with E-state index >= 15 is 0 Å². The first-order valence-electron chi connectivity index (χ1n) is 6.98. The second-order valence-corrected chi connectivity index (χ2v) is 5.86. The fourth-order valence-electron chi connectivity index (χ4n) is 2.86. The lowest BCUT2D eigenvalue weighted by molar-refractivity contribution is -0.146. The molecule has 5 nitrogen and oxygen atoms in total. The Balaban J connectivity index is 2.09. The Kier molecular flexibility index (Phi) is 4.70. The van der Waals surface area contributed by atoms with Gasteiger partial charge in [0.2, 0.25) is 0 Å². The third-order valence-electron chi connectivity index (χ3n) is 4.07. The van der Waals surface area contributed by atoms with E-state index in [2.05, 4.69) is 16.9 Å². The molecule has 0 spiro atoms. The van der Waals surface area contributed by atoms with E-state index < -0.39 is 0 Å². The van der Waals surface area contributed by atoms with Gasteiger partial charge in [-0.25, -0.2) is 0 Å². The molecule has 112 valence electrons. The highest BCUT2D eigenvalue weighted by Gasteiger charge is 2.36. The van der Waals surface area contributed by atoms with E-state index in [0.717, 1.165) is 42.5 Å². The maximum atomic E-state index is 11.7. The third-order valence-corrected chi connectivity index (χ3v) is 4.50. The van der Waals surface area contributed by atoms with Gasteiger partial charge in [-0.2, -0.15) is 5.10 Å². The first kappa shape index (κ1) is 15.3. The predicted octanol–water partition coefficient (Wildman–Crippen LogP) is 1.88. The maximum absolute atomic E-state index is 11.7. The fraction of sp³-hybridized carbons (Fsp3) is 0.714. The number of esters is 1. The average Bonchev–Trinajstić information content (AvgIpc) is 2.92. The normalized spacial score (nSPS) is 23.2. The summed E-state index contributed by atoms with van der Waals surface area (Å²) in [6.45, 7) is 6.45. The van der Waals surface area contributed by atoms with Gasteiger partial charge in [0.15, 0.2) is 0 Å². The van der Waals surface area contributed by atoms with Crippen molar-refractivity contribution in [2.45, 2.75) is 26.8 Å². The molecule has 0 radical (unpaired) electrons. The number of nitrogens with zero attached hydrogens (tertiary/aromatic N) is 3. The monoisotopic (exact) mass is 299 g/mol. The highest BCUT2D eigenvalue weighted by molar-refractivity contribution is 6.31. The second-order valence-electron chi connectivity index (χ2n) is 5.49. The Morgan fingerprint density at radius 1 is 1.50 bits per heavy atom. The standard InChI is InChI=1S/C14H22ClN3O2/c1-5-11-13(15)12(17(3)16-11)8-18-6-9(2)10(7-18)14(19)20-4/h9-10H,5-8H2,1-4H3. The van der Waals surface area contributed by atoms with Crippen molar-refractivity contribution < 1.29 is 9.53 Å². The van der Waals surface area contributed by atoms with Gasteiger partial charge in [-0.15, -0.1) is 0 Å². The molecule has 2 heterocycles. The van der Waals surface area contributed by atoms with Crippen LogP contribution in [0.5, 0.6) is 0 Å². The smallest absolute Gasteiger partial charge is 0.310 e. The number of rotatable bonds is 4. The van der Waals surface area contributed by atoms with Crippen molar-refractivity contribution in [2.24, 2.45) is 18.9 Å². The van der Waals surface area contributed by atoms with E-state index in [1.807, 2.05) is 18.7 Å². The maximum Gasteiger partial charge on any atom is 0.310 e. The number of aryl methyl sites for hydroxylation is 2. The van der Waals surface area contributed by atoms with Crippen LogP contribution in [0.15, 0.2) is 0 Å². The van der Waals surface area contributed by atoms with Crippen molar-refractivity contribution in [3.63, 3.8) is 0 Å². The molecule has 2 rings (SSSR count). The zero-order chi connectivity index (χ0) is 14.9. The number of carbonyl (C=O) groups is 1. The Bertz CT molecular complexity index is 501. The summed E-state index contributed by atoms with van der Waals surface area (Å²) in [5, 5.41) is 5.18. The number of hydrogen-bond acceptors (Lipinski definition) is 4. The van der Waals surface area contributed by atoms with Crippen LogP contribution in [0, 0.1) is 11.8 Å². The molecule has 1 saturated heterocycles. The average molecular weight is 300 g/mol. The van der Waals surface area contributed by atoms with Gasteiger partial charge in [-0.05, 0) is 12.3 Å². The van der Waals surface area contributed by atoms with Crippen LogP contribution in [0.4, 0.5) is 0 Å². The lowest BCUT2D eigenvalue weighted by Crippen LogP contribution is -2.25. The van der Waals surface area contributed by atoms with Crippen molar-refractivity contribution in [3.05, 3.63) is 16.4 Å². The predicted molar refractivity (Wildman–Crippen MR) is 77.5 cm³/mol. The number of carbonyl (C=O) groups excluding carboxylic acids is 1. The second kappa shape index (κ2) is 6.14. The molecule has 6 heteroatoms. The van der Waals surface area contributed by atoms with Crippen LogP contribution in [0.1, 0.15) is 25.2 Å². The summed E-state index contributed by atoms with van der Waals surface area (Å²) in [5.74, 6) is 0.142. The van der Waals surface area contributed by atoms with Crippen LogP contribution in [0.2, 0.25) is 5.02 Å². The van der Waals surface area contributed by atoms with Crippen LogP contribution in [-0.2, 0) is 29.5 Å². The van der Waals surface area contributed by atoms with Gasteiger partial charge >= 0.3 is 5.97 Å². The molecular formula is C14H22ClN3O2. The number of hydrogen-bond donors (Lipinski definition) is 0. The van der Waals surface area contributed by atoms with E-state index in [1.54, 1.807) is 0 Å². The van der Waals surface area contributed by atoms with E-state index in [1.165, 1.54) is 7.11 Å². The number of aromatic nitrogens is 2. The lowest BCUT2D eigenvalue weighted by atomic mass is 9.99. The summed E-state index contributed by atoms with van der Waals surface area (Å²) in [7, 11) is 3.36. The van der Waals surface area contributed by atoms with Gasteiger partial charge < -0.3 is 4.74 Å². The van der Waals surface area contributed by atoms with E-state index in [9.17, 15) is 4.79 Å². The molecule has 0 N–H and O–H groups in total. The molecule has 0 bridgehead atoms. The Hall–Kier alpha value is -1.07. The fourth-order valence-corrected chi connectivity index (χ4v) is 3.21. The molecule has 0 aliphatic carbocycles. The van der Waals surface area contributed by atoms with Crippen molar-refractivity contribution in [1.82, 2.24) is 14.7 Å². The molecule has 2 atom stereocenters. The van der Waals surface area contributed by atoms with E-state index in [0.29, 0.717) is 5.92 Å². The summed E-state index contributed by atoms with van der Waals surface area (Å²) in [5.41, 5.74) is 1.95. The van der Waals surface area contributed by atoms with Crippen LogP contribution >= 0.6 is 11.6 Å². The Morgan fingerprint density at radius 3 is 2.75 bits per heavy atom. The van der Waals surface area contributed by atoms with Crippen LogP contribution in [0.3, 0.4) is 0 Å². The highest BCUT2D eigenvalue weighted by Crippen LogP contribution is 2.28. The van der Waals surface area contributed by atoms with Crippen molar-refractivity contribution in [2.75, 3.05) is 20.2 Å². The SMILES string of the molecule is CCc1nn(C)c(CN2CC(C)C(C(=O)OC)C2)c1Cl. The molecule has 1 aromatic heterocycles. The van der Waals surface area contributed by atoms with Crippen LogP contribution in [0.25, 0.3) is 0 Å². The van der Waals surface area contributed by atoms with E-state index in [4.69, 9.17) is 16.3 Å². The molecular weight excluding hydrogens is 278 g/mol. The van der Waals surface area contributed by atoms with Crippen molar-refractivity contribution >= 4 is 17.6 Å². The minimum absolute atomic E-state index is 0.0438. The number of methoxy groups -OCH3 is 1. The van der Waals surface area contributed by atoms with Gasteiger partial charge in [-0.1, -0.05) is 25.4 Å². The molecule has 0 aromatic carbocycles. The topological polar surface area (TPSA) is 47.4 Å².